The molecule has 3 rings (SSSR count). The monoisotopic (exact) mass is 458 g/mol. The van der Waals surface area contributed by atoms with Crippen LogP contribution in [-0.2, 0) is 10.1 Å². The van der Waals surface area contributed by atoms with E-state index in [4.69, 9.17) is 21.5 Å². The lowest BCUT2D eigenvalue weighted by molar-refractivity contribution is 0.0998. The van der Waals surface area contributed by atoms with Crippen molar-refractivity contribution in [3.63, 3.8) is 0 Å². The van der Waals surface area contributed by atoms with Crippen molar-refractivity contribution >= 4 is 39.2 Å². The summed E-state index contributed by atoms with van der Waals surface area (Å²) in [5.74, 6) is -1.05. The number of amides is 2. The Labute approximate surface area is 184 Å². The molecule has 3 aromatic carbocycles. The maximum atomic E-state index is 12.6. The molecule has 7 nitrogen and oxygen atoms in total. The molecule has 0 atom stereocenters. The Hall–Kier alpha value is -3.36. The van der Waals surface area contributed by atoms with Crippen molar-refractivity contribution in [3.05, 3.63) is 87.9 Å². The number of carbonyl (C=O) groups is 2. The average molecular weight is 459 g/mol. The maximum absolute atomic E-state index is 12.6. The molecule has 160 valence electrons. The van der Waals surface area contributed by atoms with Crippen LogP contribution in [0.2, 0.25) is 5.02 Å². The first-order chi connectivity index (χ1) is 14.6. The molecule has 31 heavy (non-hydrogen) atoms. The molecule has 0 aliphatic rings. The number of rotatable bonds is 6. The van der Waals surface area contributed by atoms with Gasteiger partial charge in [-0.25, -0.2) is 0 Å². The van der Waals surface area contributed by atoms with Crippen LogP contribution in [0.4, 0.5) is 5.69 Å². The number of halogens is 1. The van der Waals surface area contributed by atoms with Gasteiger partial charge < -0.3 is 15.2 Å². The van der Waals surface area contributed by atoms with Crippen molar-refractivity contribution in [1.29, 1.82) is 0 Å². The Morgan fingerprint density at radius 1 is 0.968 bits per heavy atom. The van der Waals surface area contributed by atoms with E-state index in [1.165, 1.54) is 42.5 Å². The van der Waals surface area contributed by atoms with E-state index in [-0.39, 0.29) is 26.8 Å². The summed E-state index contributed by atoms with van der Waals surface area (Å²) < 4.78 is 30.4. The number of carbonyl (C=O) groups excluding carboxylic acids is 2. The van der Waals surface area contributed by atoms with E-state index >= 15 is 0 Å². The van der Waals surface area contributed by atoms with E-state index in [9.17, 15) is 18.0 Å². The largest absolute Gasteiger partial charge is 0.379 e. The third-order valence-electron chi connectivity index (χ3n) is 4.43. The Balaban J connectivity index is 1.74. The topological polar surface area (TPSA) is 116 Å². The zero-order valence-corrected chi connectivity index (χ0v) is 18.3. The van der Waals surface area contributed by atoms with Gasteiger partial charge in [0, 0.05) is 11.3 Å². The second-order valence-electron chi connectivity index (χ2n) is 6.84. The molecular weight excluding hydrogens is 440 g/mol. The van der Waals surface area contributed by atoms with Crippen molar-refractivity contribution in [1.82, 2.24) is 0 Å². The van der Waals surface area contributed by atoms with Gasteiger partial charge in [-0.15, -0.1) is 0 Å². The minimum atomic E-state index is -4.02. The Kier molecular flexibility index (Phi) is 6.33. The van der Waals surface area contributed by atoms with Crippen LogP contribution in [0.3, 0.4) is 0 Å². The van der Waals surface area contributed by atoms with E-state index in [0.717, 1.165) is 5.56 Å². The summed E-state index contributed by atoms with van der Waals surface area (Å²) in [6.07, 6.45) is 0. The molecule has 0 saturated heterocycles. The number of anilines is 1. The lowest BCUT2D eigenvalue weighted by atomic mass is 10.1. The second kappa shape index (κ2) is 8.79. The highest BCUT2D eigenvalue weighted by atomic mass is 35.5. The fourth-order valence-electron chi connectivity index (χ4n) is 2.81. The number of nitrogens with one attached hydrogen (secondary N) is 1. The first-order valence-corrected chi connectivity index (χ1v) is 10.9. The standard InChI is InChI=1S/C22H19ClN2O5S/c1-13-3-4-14(2)20(11-13)31(28,29)30-17-8-5-15(6-9-17)22(27)25-16-7-10-18(21(24)26)19(23)12-16/h3-12H,1-2H3,(H2,24,26)(H,25,27). The van der Waals surface area contributed by atoms with Crippen molar-refractivity contribution < 1.29 is 22.2 Å². The summed E-state index contributed by atoms with van der Waals surface area (Å²) in [7, 11) is -4.02. The van der Waals surface area contributed by atoms with Crippen LogP contribution in [0.5, 0.6) is 5.75 Å². The fourth-order valence-corrected chi connectivity index (χ4v) is 4.33. The fraction of sp³-hybridized carbons (Fsp3) is 0.0909. The van der Waals surface area contributed by atoms with Gasteiger partial charge in [-0.1, -0.05) is 23.7 Å². The predicted octanol–water partition coefficient (Wildman–Crippen LogP) is 4.08. The summed E-state index contributed by atoms with van der Waals surface area (Å²) in [6.45, 7) is 3.48. The van der Waals surface area contributed by atoms with Crippen molar-refractivity contribution in [2.24, 2.45) is 5.73 Å². The normalized spacial score (nSPS) is 11.1. The smallest absolute Gasteiger partial charge is 0.339 e. The first kappa shape index (κ1) is 22.3. The van der Waals surface area contributed by atoms with Gasteiger partial charge in [0.05, 0.1) is 10.6 Å². The maximum Gasteiger partial charge on any atom is 0.339 e. The van der Waals surface area contributed by atoms with Crippen LogP contribution in [0.25, 0.3) is 0 Å². The Morgan fingerprint density at radius 3 is 2.26 bits per heavy atom. The molecule has 0 radical (unpaired) electrons. The van der Waals surface area contributed by atoms with E-state index in [1.54, 1.807) is 26.0 Å². The molecule has 9 heteroatoms. The lowest BCUT2D eigenvalue weighted by Gasteiger charge is -2.11. The number of hydrogen-bond acceptors (Lipinski definition) is 5. The van der Waals surface area contributed by atoms with Crippen LogP contribution in [0, 0.1) is 13.8 Å². The third kappa shape index (κ3) is 5.22. The van der Waals surface area contributed by atoms with E-state index < -0.39 is 21.9 Å². The molecular formula is C22H19ClN2O5S. The molecule has 2 amide bonds. The van der Waals surface area contributed by atoms with Gasteiger partial charge in [0.1, 0.15) is 10.6 Å². The average Bonchev–Trinajstić information content (AvgIpc) is 2.69. The van der Waals surface area contributed by atoms with Gasteiger partial charge in [-0.3, -0.25) is 9.59 Å². The number of aryl methyl sites for hydroxylation is 2. The van der Waals surface area contributed by atoms with Gasteiger partial charge in [0.15, 0.2) is 0 Å². The number of nitrogens with two attached hydrogens (primary N) is 1. The zero-order chi connectivity index (χ0) is 22.8. The minimum Gasteiger partial charge on any atom is -0.379 e. The number of hydrogen-bond donors (Lipinski definition) is 2. The highest BCUT2D eigenvalue weighted by Crippen LogP contribution is 2.24. The first-order valence-electron chi connectivity index (χ1n) is 9.09. The van der Waals surface area contributed by atoms with Crippen LogP contribution < -0.4 is 15.2 Å². The lowest BCUT2D eigenvalue weighted by Crippen LogP contribution is -2.14. The summed E-state index contributed by atoms with van der Waals surface area (Å²) in [6, 6.07) is 15.0. The van der Waals surface area contributed by atoms with E-state index in [2.05, 4.69) is 5.32 Å². The molecule has 0 heterocycles. The van der Waals surface area contributed by atoms with Crippen LogP contribution >= 0.6 is 11.6 Å². The molecule has 3 aromatic rings. The summed E-state index contributed by atoms with van der Waals surface area (Å²) in [5.41, 5.74) is 7.36. The molecule has 0 aliphatic heterocycles. The molecule has 0 spiro atoms. The molecule has 0 bridgehead atoms. The van der Waals surface area contributed by atoms with Crippen LogP contribution in [0.1, 0.15) is 31.8 Å². The number of primary amides is 1. The number of benzene rings is 3. The quantitative estimate of drug-likeness (QED) is 0.540. The Bertz CT molecular complexity index is 1270. The SMILES string of the molecule is Cc1ccc(C)c(S(=O)(=O)Oc2ccc(C(=O)Nc3ccc(C(N)=O)c(Cl)c3)cc2)c1. The summed E-state index contributed by atoms with van der Waals surface area (Å²) in [4.78, 5) is 23.8. The molecule has 0 aliphatic carbocycles. The van der Waals surface area contributed by atoms with E-state index in [1.807, 2.05) is 6.07 Å². The Morgan fingerprint density at radius 2 is 1.65 bits per heavy atom. The van der Waals surface area contributed by atoms with Gasteiger partial charge in [-0.05, 0) is 73.5 Å². The van der Waals surface area contributed by atoms with Crippen molar-refractivity contribution in [3.8, 4) is 5.75 Å². The molecule has 0 fully saturated rings. The van der Waals surface area contributed by atoms with Crippen molar-refractivity contribution in [2.75, 3.05) is 5.32 Å². The van der Waals surface area contributed by atoms with Gasteiger partial charge in [0.25, 0.3) is 5.91 Å². The van der Waals surface area contributed by atoms with Gasteiger partial charge >= 0.3 is 10.1 Å². The second-order valence-corrected chi connectivity index (χ2v) is 8.77. The van der Waals surface area contributed by atoms with Gasteiger partial charge in [0.2, 0.25) is 5.91 Å². The van der Waals surface area contributed by atoms with E-state index in [0.29, 0.717) is 11.3 Å². The van der Waals surface area contributed by atoms with Crippen LogP contribution in [0.15, 0.2) is 65.6 Å². The molecule has 0 unspecified atom stereocenters. The van der Waals surface area contributed by atoms with Gasteiger partial charge in [-0.2, -0.15) is 8.42 Å². The highest BCUT2D eigenvalue weighted by molar-refractivity contribution is 7.87. The van der Waals surface area contributed by atoms with Crippen molar-refractivity contribution in [2.45, 2.75) is 18.7 Å². The predicted molar refractivity (Wildman–Crippen MR) is 118 cm³/mol. The zero-order valence-electron chi connectivity index (χ0n) is 16.7. The minimum absolute atomic E-state index is 0.0753. The molecule has 3 N–H and O–H groups in total. The molecule has 0 saturated carbocycles. The molecule has 0 aromatic heterocycles. The summed E-state index contributed by atoms with van der Waals surface area (Å²) >= 11 is 5.98. The third-order valence-corrected chi connectivity index (χ3v) is 6.13. The van der Waals surface area contributed by atoms with Crippen LogP contribution in [-0.4, -0.2) is 20.2 Å². The summed E-state index contributed by atoms with van der Waals surface area (Å²) in [5, 5.41) is 2.75. The highest BCUT2D eigenvalue weighted by Gasteiger charge is 2.20.